The van der Waals surface area contributed by atoms with Crippen LogP contribution < -0.4 is 15.4 Å². The highest BCUT2D eigenvalue weighted by Crippen LogP contribution is 2.49. The van der Waals surface area contributed by atoms with E-state index in [0.717, 1.165) is 49.4 Å². The second-order valence-corrected chi connectivity index (χ2v) is 9.64. The number of fused-ring (bicyclic) bond motifs is 4. The lowest BCUT2D eigenvalue weighted by atomic mass is 9.62. The summed E-state index contributed by atoms with van der Waals surface area (Å²) in [5, 5.41) is 10.9. The lowest BCUT2D eigenvalue weighted by Gasteiger charge is -2.47. The summed E-state index contributed by atoms with van der Waals surface area (Å²) in [6.07, 6.45) is 5.85. The van der Waals surface area contributed by atoms with Gasteiger partial charge in [0.25, 0.3) is 5.91 Å². The van der Waals surface area contributed by atoms with Gasteiger partial charge in [-0.25, -0.2) is 6.57 Å². The second-order valence-electron chi connectivity index (χ2n) is 9.64. The molecular formula is C24H27N5O4. The molecule has 0 radical (unpaired) electrons. The molecule has 9 nitrogen and oxygen atoms in total. The molecule has 6 rings (SSSR count). The lowest BCUT2D eigenvalue weighted by Crippen LogP contribution is -2.58. The zero-order valence-electron chi connectivity index (χ0n) is 18.6. The summed E-state index contributed by atoms with van der Waals surface area (Å²) >= 11 is 0. The first-order valence-electron chi connectivity index (χ1n) is 11.4. The van der Waals surface area contributed by atoms with Gasteiger partial charge in [-0.2, -0.15) is 5.10 Å². The Bertz CT molecular complexity index is 1170. The Labute approximate surface area is 191 Å². The van der Waals surface area contributed by atoms with Crippen molar-refractivity contribution in [2.24, 2.45) is 7.05 Å². The lowest BCUT2D eigenvalue weighted by molar-refractivity contribution is -0.134. The number of hydrogen-bond acceptors (Lipinski definition) is 5. The molecule has 9 heteroatoms. The molecule has 2 aromatic rings. The smallest absolute Gasteiger partial charge is 0.258 e. The number of ether oxygens (including phenoxy) is 1. The fourth-order valence-electron chi connectivity index (χ4n) is 5.57. The summed E-state index contributed by atoms with van der Waals surface area (Å²) in [5.41, 5.74) is 1.04. The zero-order valence-corrected chi connectivity index (χ0v) is 18.6. The monoisotopic (exact) mass is 449 g/mol. The number of carbonyl (C=O) groups is 3. The summed E-state index contributed by atoms with van der Waals surface area (Å²) in [4.78, 5) is 40.3. The van der Waals surface area contributed by atoms with Crippen molar-refractivity contribution in [3.63, 3.8) is 0 Å². The number of carbonyl (C=O) groups excluding carboxylic acids is 3. The standard InChI is InChI=1S/C24H27N5O4/c1-25-23-7-10-24(11-8-23,12-9-23)27-20(31)14-33-15-3-4-16-18(13-15)29(2)28-21(16)17-5-6-19(30)26-22(17)32/h3-4,13,17H,5-12,14H2,2H3,(H,27,31)(H,26,30,32). The fraction of sp³-hybridized carbons (Fsp3) is 0.542. The van der Waals surface area contributed by atoms with Crippen molar-refractivity contribution in [3.05, 3.63) is 35.3 Å². The van der Waals surface area contributed by atoms with Gasteiger partial charge in [-0.05, 0) is 37.8 Å². The summed E-state index contributed by atoms with van der Waals surface area (Å²) in [6.45, 7) is 7.38. The molecule has 3 saturated carbocycles. The molecule has 1 unspecified atom stereocenters. The van der Waals surface area contributed by atoms with Crippen molar-refractivity contribution in [2.75, 3.05) is 6.61 Å². The van der Waals surface area contributed by atoms with E-state index in [-0.39, 0.29) is 35.4 Å². The van der Waals surface area contributed by atoms with Crippen LogP contribution in [0, 0.1) is 6.57 Å². The molecule has 172 valence electrons. The van der Waals surface area contributed by atoms with E-state index in [9.17, 15) is 14.4 Å². The van der Waals surface area contributed by atoms with E-state index < -0.39 is 5.92 Å². The molecule has 2 bridgehead atoms. The van der Waals surface area contributed by atoms with Crippen molar-refractivity contribution in [2.45, 2.75) is 68.4 Å². The van der Waals surface area contributed by atoms with Gasteiger partial charge in [0.2, 0.25) is 17.4 Å². The third-order valence-electron chi connectivity index (χ3n) is 7.64. The van der Waals surface area contributed by atoms with Crippen molar-refractivity contribution in [1.29, 1.82) is 0 Å². The first kappa shape index (κ1) is 21.4. The van der Waals surface area contributed by atoms with Crippen molar-refractivity contribution in [3.8, 4) is 5.75 Å². The normalized spacial score (nSPS) is 28.9. The Morgan fingerprint density at radius 1 is 1.27 bits per heavy atom. The van der Waals surface area contributed by atoms with Crippen LogP contribution in [-0.4, -0.2) is 45.2 Å². The number of piperidine rings is 1. The molecule has 33 heavy (non-hydrogen) atoms. The minimum atomic E-state index is -0.462. The van der Waals surface area contributed by atoms with Gasteiger partial charge < -0.3 is 14.9 Å². The summed E-state index contributed by atoms with van der Waals surface area (Å²) in [5.74, 6) is -0.636. The number of hydrogen-bond donors (Lipinski definition) is 2. The molecule has 3 amide bonds. The molecule has 1 aromatic heterocycles. The SMILES string of the molecule is [C-]#[N+]C12CCC(NC(=O)COc3ccc4c(C5CCC(=O)NC5=O)nn(C)c4c3)(CC1)CC2. The number of imide groups is 1. The van der Waals surface area contributed by atoms with Crippen LogP contribution in [0.15, 0.2) is 18.2 Å². The van der Waals surface area contributed by atoms with Gasteiger partial charge in [-0.15, -0.1) is 0 Å². The minimum absolute atomic E-state index is 0.0843. The number of nitrogens with zero attached hydrogens (tertiary/aromatic N) is 3. The van der Waals surface area contributed by atoms with Crippen LogP contribution in [0.5, 0.6) is 5.75 Å². The van der Waals surface area contributed by atoms with Crippen molar-refractivity contribution in [1.82, 2.24) is 20.4 Å². The molecular weight excluding hydrogens is 422 g/mol. The molecule has 0 spiro atoms. The Morgan fingerprint density at radius 2 is 2.00 bits per heavy atom. The topological polar surface area (TPSA) is 107 Å². The predicted molar refractivity (Wildman–Crippen MR) is 119 cm³/mol. The van der Waals surface area contributed by atoms with Gasteiger partial charge in [0, 0.05) is 49.7 Å². The Morgan fingerprint density at radius 3 is 2.67 bits per heavy atom. The molecule has 1 aliphatic heterocycles. The number of nitrogens with one attached hydrogen (secondary N) is 2. The Kier molecular flexibility index (Phi) is 5.11. The maximum absolute atomic E-state index is 12.6. The molecule has 1 saturated heterocycles. The molecule has 4 aliphatic rings. The summed E-state index contributed by atoms with van der Waals surface area (Å²) in [7, 11) is 1.79. The highest BCUT2D eigenvalue weighted by molar-refractivity contribution is 6.02. The number of aromatic nitrogens is 2. The highest BCUT2D eigenvalue weighted by atomic mass is 16.5. The van der Waals surface area contributed by atoms with Crippen LogP contribution in [0.25, 0.3) is 15.7 Å². The fourth-order valence-corrected chi connectivity index (χ4v) is 5.57. The molecule has 3 aliphatic carbocycles. The van der Waals surface area contributed by atoms with E-state index in [2.05, 4.69) is 20.6 Å². The van der Waals surface area contributed by atoms with Gasteiger partial charge in [0.15, 0.2) is 6.61 Å². The van der Waals surface area contributed by atoms with Crippen LogP contribution in [0.1, 0.15) is 63.0 Å². The first-order valence-corrected chi connectivity index (χ1v) is 11.4. The van der Waals surface area contributed by atoms with E-state index in [1.165, 1.54) is 0 Å². The number of benzene rings is 1. The Hall–Kier alpha value is -3.41. The van der Waals surface area contributed by atoms with Crippen molar-refractivity contribution < 1.29 is 19.1 Å². The first-order chi connectivity index (χ1) is 15.8. The molecule has 1 aromatic carbocycles. The van der Waals surface area contributed by atoms with Crippen LogP contribution in [-0.2, 0) is 21.4 Å². The molecule has 2 N–H and O–H groups in total. The Balaban J connectivity index is 1.24. The van der Waals surface area contributed by atoms with Crippen LogP contribution in [0.4, 0.5) is 0 Å². The second kappa shape index (κ2) is 7.87. The van der Waals surface area contributed by atoms with E-state index >= 15 is 0 Å². The minimum Gasteiger partial charge on any atom is -0.484 e. The number of amides is 3. The predicted octanol–water partition coefficient (Wildman–Crippen LogP) is 2.35. The maximum atomic E-state index is 12.6. The largest absolute Gasteiger partial charge is 0.484 e. The summed E-state index contributed by atoms with van der Waals surface area (Å²) < 4.78 is 7.47. The molecule has 1 atom stereocenters. The van der Waals surface area contributed by atoms with Crippen LogP contribution in [0.2, 0.25) is 0 Å². The van der Waals surface area contributed by atoms with Gasteiger partial charge in [0.1, 0.15) is 5.75 Å². The van der Waals surface area contributed by atoms with E-state index in [4.69, 9.17) is 11.3 Å². The summed E-state index contributed by atoms with van der Waals surface area (Å²) in [6, 6.07) is 5.43. The third kappa shape index (κ3) is 3.84. The number of aryl methyl sites for hydroxylation is 1. The quantitative estimate of drug-likeness (QED) is 0.538. The van der Waals surface area contributed by atoms with Gasteiger partial charge >= 0.3 is 0 Å². The van der Waals surface area contributed by atoms with E-state index in [1.54, 1.807) is 17.8 Å². The van der Waals surface area contributed by atoms with Crippen LogP contribution in [0.3, 0.4) is 0 Å². The molecule has 4 fully saturated rings. The van der Waals surface area contributed by atoms with Crippen LogP contribution >= 0.6 is 0 Å². The van der Waals surface area contributed by atoms with Crippen molar-refractivity contribution >= 4 is 28.6 Å². The third-order valence-corrected chi connectivity index (χ3v) is 7.64. The number of rotatable bonds is 5. The van der Waals surface area contributed by atoms with Gasteiger partial charge in [-0.3, -0.25) is 24.4 Å². The highest BCUT2D eigenvalue weighted by Gasteiger charge is 2.53. The van der Waals surface area contributed by atoms with E-state index in [1.807, 2.05) is 12.1 Å². The van der Waals surface area contributed by atoms with E-state index in [0.29, 0.717) is 24.3 Å². The molecule has 2 heterocycles. The average molecular weight is 450 g/mol. The zero-order chi connectivity index (χ0) is 23.2. The maximum Gasteiger partial charge on any atom is 0.258 e. The van der Waals surface area contributed by atoms with Gasteiger partial charge in [0.05, 0.1) is 17.1 Å². The average Bonchev–Trinajstić information content (AvgIpc) is 3.14. The van der Waals surface area contributed by atoms with Gasteiger partial charge in [-0.1, -0.05) is 0 Å².